The van der Waals surface area contributed by atoms with Crippen LogP contribution in [0, 0.1) is 17.3 Å². The average Bonchev–Trinajstić information content (AvgIpc) is 2.94. The normalized spacial score (nSPS) is 13.4. The van der Waals surface area contributed by atoms with E-state index >= 15 is 0 Å². The molecule has 0 spiro atoms. The van der Waals surface area contributed by atoms with Gasteiger partial charge in [-0.1, -0.05) is 89.2 Å². The van der Waals surface area contributed by atoms with Crippen molar-refractivity contribution in [3.63, 3.8) is 0 Å². The monoisotopic (exact) mass is 554 g/mol. The Morgan fingerprint density at radius 2 is 1.32 bits per heavy atom. The fourth-order valence-electron chi connectivity index (χ4n) is 5.28. The van der Waals surface area contributed by atoms with Crippen molar-refractivity contribution in [2.45, 2.75) is 85.6 Å². The number of ketones is 2. The summed E-state index contributed by atoms with van der Waals surface area (Å²) < 4.78 is 0. The minimum absolute atomic E-state index is 0.121. The lowest BCUT2D eigenvalue weighted by Crippen LogP contribution is -2.42. The fraction of sp³-hybridized carbons (Fsp3) is 0.486. The molecule has 1 aromatic heterocycles. The Balaban J connectivity index is 1.75. The number of aryl methyl sites for hydroxylation is 2. The van der Waals surface area contributed by atoms with E-state index in [0.29, 0.717) is 25.2 Å². The largest absolute Gasteiger partial charge is 0.299 e. The lowest BCUT2D eigenvalue weighted by molar-refractivity contribution is -0.131. The Kier molecular flexibility index (Phi) is 12.5. The second kappa shape index (κ2) is 15.8. The molecule has 0 N–H and O–H groups in total. The molecule has 2 atom stereocenters. The van der Waals surface area contributed by atoms with Crippen molar-refractivity contribution < 1.29 is 9.59 Å². The molecule has 3 aromatic rings. The smallest absolute Gasteiger partial charge is 0.151 e. The van der Waals surface area contributed by atoms with Gasteiger partial charge in [0.05, 0.1) is 6.04 Å². The number of hydrogen-bond donors (Lipinski definition) is 0. The van der Waals surface area contributed by atoms with Crippen molar-refractivity contribution in [3.05, 3.63) is 101 Å². The zero-order chi connectivity index (χ0) is 29.8. The van der Waals surface area contributed by atoms with Crippen molar-refractivity contribution in [3.8, 4) is 0 Å². The average molecular weight is 555 g/mol. The van der Waals surface area contributed by atoms with Crippen molar-refractivity contribution in [2.24, 2.45) is 17.3 Å². The number of likely N-dealkylation sites (N-methyl/N-ethyl adjacent to an activating group) is 1. The van der Waals surface area contributed by atoms with Crippen molar-refractivity contribution in [1.82, 2.24) is 9.88 Å². The van der Waals surface area contributed by atoms with Gasteiger partial charge in [-0.3, -0.25) is 19.5 Å². The molecule has 3 rings (SSSR count). The highest BCUT2D eigenvalue weighted by atomic mass is 16.1. The first-order valence-electron chi connectivity index (χ1n) is 15.3. The molecule has 0 bridgehead atoms. The third-order valence-electron chi connectivity index (χ3n) is 7.80. The Hall–Kier alpha value is -3.11. The summed E-state index contributed by atoms with van der Waals surface area (Å²) in [4.78, 5) is 33.9. The number of Topliss-reactive ketones (excluding diaryl/α,β-unsaturated/α-hetero) is 2. The van der Waals surface area contributed by atoms with Gasteiger partial charge in [0, 0.05) is 31.2 Å². The van der Waals surface area contributed by atoms with Gasteiger partial charge in [-0.2, -0.15) is 0 Å². The van der Waals surface area contributed by atoms with Crippen LogP contribution in [0.15, 0.2) is 79.1 Å². The van der Waals surface area contributed by atoms with Gasteiger partial charge in [0.15, 0.2) is 5.78 Å². The van der Waals surface area contributed by atoms with E-state index < -0.39 is 0 Å². The molecule has 0 saturated carbocycles. The van der Waals surface area contributed by atoms with Crippen LogP contribution in [0.4, 0.5) is 0 Å². The van der Waals surface area contributed by atoms with Gasteiger partial charge < -0.3 is 0 Å². The van der Waals surface area contributed by atoms with Gasteiger partial charge in [0.25, 0.3) is 0 Å². The highest BCUT2D eigenvalue weighted by molar-refractivity contribution is 5.91. The first-order chi connectivity index (χ1) is 19.5. The predicted octanol–water partition coefficient (Wildman–Crippen LogP) is 7.58. The van der Waals surface area contributed by atoms with E-state index in [-0.39, 0.29) is 35.4 Å². The van der Waals surface area contributed by atoms with Crippen molar-refractivity contribution in [2.75, 3.05) is 13.6 Å². The lowest BCUT2D eigenvalue weighted by atomic mass is 9.80. The number of carbonyl (C=O) groups excluding carboxylic acids is 2. The Bertz CT molecular complexity index is 1200. The summed E-state index contributed by atoms with van der Waals surface area (Å²) in [5.41, 5.74) is 4.72. The number of pyridine rings is 1. The van der Waals surface area contributed by atoms with E-state index in [1.807, 2.05) is 25.2 Å². The van der Waals surface area contributed by atoms with Crippen LogP contribution in [0.5, 0.6) is 0 Å². The quantitative estimate of drug-likeness (QED) is 0.183. The maximum absolute atomic E-state index is 14.0. The molecule has 2 aromatic carbocycles. The van der Waals surface area contributed by atoms with Gasteiger partial charge in [0.1, 0.15) is 5.78 Å². The van der Waals surface area contributed by atoms with Crippen LogP contribution in [-0.2, 0) is 35.3 Å². The molecule has 4 nitrogen and oxygen atoms in total. The van der Waals surface area contributed by atoms with E-state index in [4.69, 9.17) is 0 Å². The van der Waals surface area contributed by atoms with Gasteiger partial charge in [-0.25, -0.2) is 0 Å². The SMILES string of the molecule is CC(C)CCN(C)C(Cc1ccncc1)C(=O)CC(Cc1ccc(CCc2ccccc2)cc1)C(=O)CC(C)(C)C. The molecule has 2 unspecified atom stereocenters. The molecule has 0 aliphatic carbocycles. The third-order valence-corrected chi connectivity index (χ3v) is 7.80. The van der Waals surface area contributed by atoms with E-state index in [9.17, 15) is 9.59 Å². The summed E-state index contributed by atoms with van der Waals surface area (Å²) in [6.07, 6.45) is 8.54. The number of aromatic nitrogens is 1. The number of hydrogen-bond acceptors (Lipinski definition) is 4. The molecule has 0 aliphatic rings. The van der Waals surface area contributed by atoms with Crippen LogP contribution in [0.25, 0.3) is 0 Å². The molecule has 0 radical (unpaired) electrons. The summed E-state index contributed by atoms with van der Waals surface area (Å²) in [6.45, 7) is 11.6. The van der Waals surface area contributed by atoms with E-state index in [1.54, 1.807) is 12.4 Å². The zero-order valence-corrected chi connectivity index (χ0v) is 26.1. The van der Waals surface area contributed by atoms with Crippen LogP contribution in [0.3, 0.4) is 0 Å². The molecule has 0 amide bonds. The maximum atomic E-state index is 14.0. The molecule has 0 saturated heterocycles. The Morgan fingerprint density at radius 3 is 1.90 bits per heavy atom. The van der Waals surface area contributed by atoms with Gasteiger partial charge >= 0.3 is 0 Å². The maximum Gasteiger partial charge on any atom is 0.151 e. The highest BCUT2D eigenvalue weighted by Crippen LogP contribution is 2.26. The van der Waals surface area contributed by atoms with Crippen LogP contribution >= 0.6 is 0 Å². The topological polar surface area (TPSA) is 50.3 Å². The second-order valence-electron chi connectivity index (χ2n) is 13.3. The first kappa shape index (κ1) is 32.4. The summed E-state index contributed by atoms with van der Waals surface area (Å²) in [6, 6.07) is 22.9. The van der Waals surface area contributed by atoms with E-state index in [1.165, 1.54) is 11.1 Å². The zero-order valence-electron chi connectivity index (χ0n) is 26.1. The second-order valence-corrected chi connectivity index (χ2v) is 13.3. The van der Waals surface area contributed by atoms with Gasteiger partial charge in [-0.15, -0.1) is 0 Å². The summed E-state index contributed by atoms with van der Waals surface area (Å²) in [7, 11) is 2.05. The molecule has 1 heterocycles. The number of nitrogens with zero attached hydrogens (tertiary/aromatic N) is 2. The predicted molar refractivity (Wildman–Crippen MR) is 170 cm³/mol. The number of rotatable bonds is 16. The summed E-state index contributed by atoms with van der Waals surface area (Å²) in [5.74, 6) is 0.576. The number of benzene rings is 2. The minimum atomic E-state index is -0.324. The molecule has 0 fully saturated rings. The standard InChI is InChI=1S/C37H50N2O2/c1-28(2)20-23-39(6)34(25-32-18-21-38-22-19-32)35(40)26-33(36(41)27-37(3,4)5)24-31-16-14-30(15-17-31)13-12-29-10-8-7-9-11-29/h7-11,14-19,21-22,28,33-34H,12-13,20,23-27H2,1-6H3. The Labute approximate surface area is 248 Å². The van der Waals surface area contributed by atoms with Crippen molar-refractivity contribution >= 4 is 11.6 Å². The van der Waals surface area contributed by atoms with Gasteiger partial charge in [-0.05, 0) is 91.4 Å². The Morgan fingerprint density at radius 1 is 0.756 bits per heavy atom. The van der Waals surface area contributed by atoms with E-state index in [2.05, 4.69) is 93.0 Å². The summed E-state index contributed by atoms with van der Waals surface area (Å²) in [5, 5.41) is 0. The first-order valence-corrected chi connectivity index (χ1v) is 15.3. The van der Waals surface area contributed by atoms with Crippen molar-refractivity contribution in [1.29, 1.82) is 0 Å². The minimum Gasteiger partial charge on any atom is -0.299 e. The van der Waals surface area contributed by atoms with Crippen LogP contribution in [0.2, 0.25) is 0 Å². The fourth-order valence-corrected chi connectivity index (χ4v) is 5.28. The molecule has 41 heavy (non-hydrogen) atoms. The number of carbonyl (C=O) groups is 2. The van der Waals surface area contributed by atoms with Crippen LogP contribution in [-0.4, -0.2) is 41.1 Å². The highest BCUT2D eigenvalue weighted by Gasteiger charge is 2.31. The molecular formula is C37H50N2O2. The molecule has 220 valence electrons. The summed E-state index contributed by atoms with van der Waals surface area (Å²) >= 11 is 0. The molecule has 0 aliphatic heterocycles. The van der Waals surface area contributed by atoms with E-state index in [0.717, 1.165) is 36.9 Å². The van der Waals surface area contributed by atoms with Crippen LogP contribution in [0.1, 0.15) is 76.1 Å². The molecule has 4 heteroatoms. The lowest BCUT2D eigenvalue weighted by Gasteiger charge is -2.29. The van der Waals surface area contributed by atoms with Crippen LogP contribution < -0.4 is 0 Å². The third kappa shape index (κ3) is 11.7. The molecular weight excluding hydrogens is 504 g/mol. The van der Waals surface area contributed by atoms with Gasteiger partial charge in [0.2, 0.25) is 0 Å².